The van der Waals surface area contributed by atoms with Crippen molar-refractivity contribution in [3.63, 3.8) is 0 Å². The number of carbonyl (C=O) groups excluding carboxylic acids is 1. The van der Waals surface area contributed by atoms with E-state index in [4.69, 9.17) is 4.74 Å². The molecule has 1 aliphatic heterocycles. The lowest BCUT2D eigenvalue weighted by Crippen LogP contribution is -2.27. The first-order valence-corrected chi connectivity index (χ1v) is 10.2. The third-order valence-corrected chi connectivity index (χ3v) is 5.57. The smallest absolute Gasteiger partial charge is 0.277 e. The monoisotopic (exact) mass is 406 g/mol. The number of ether oxygens (including phenoxy) is 1. The predicted molar refractivity (Wildman–Crippen MR) is 114 cm³/mol. The third-order valence-electron chi connectivity index (χ3n) is 4.50. The van der Waals surface area contributed by atoms with Crippen LogP contribution in [0.2, 0.25) is 0 Å². The van der Waals surface area contributed by atoms with Crippen LogP contribution in [0, 0.1) is 5.82 Å². The summed E-state index contributed by atoms with van der Waals surface area (Å²) in [5, 5.41) is 4.22. The maximum Gasteiger partial charge on any atom is 0.277 e. The zero-order chi connectivity index (χ0) is 20.1. The molecule has 1 N–H and O–H groups in total. The van der Waals surface area contributed by atoms with Gasteiger partial charge in [-0.3, -0.25) is 4.79 Å². The summed E-state index contributed by atoms with van der Waals surface area (Å²) in [6, 6.07) is 22.1. The number of hydrogen-bond acceptors (Lipinski definition) is 4. The molecule has 0 spiro atoms. The summed E-state index contributed by atoms with van der Waals surface area (Å²) in [6.07, 6.45) is 0.666. The average Bonchev–Trinajstić information content (AvgIpc) is 2.77. The van der Waals surface area contributed by atoms with Gasteiger partial charge < -0.3 is 4.74 Å². The second-order valence-electron chi connectivity index (χ2n) is 6.48. The maximum absolute atomic E-state index is 13.6. The summed E-state index contributed by atoms with van der Waals surface area (Å²) in [4.78, 5) is 13.2. The number of amides is 1. The minimum atomic E-state index is -0.364. The van der Waals surface area contributed by atoms with Gasteiger partial charge in [0.15, 0.2) is 6.61 Å². The normalized spacial score (nSPS) is 14.3. The molecule has 0 aromatic heterocycles. The number of hydrogen-bond donors (Lipinski definition) is 1. The van der Waals surface area contributed by atoms with Gasteiger partial charge in [-0.15, -0.1) is 11.8 Å². The molecule has 0 atom stereocenters. The number of hydrazone groups is 1. The van der Waals surface area contributed by atoms with Crippen molar-refractivity contribution in [2.75, 3.05) is 12.4 Å². The van der Waals surface area contributed by atoms with Crippen LogP contribution in [-0.2, 0) is 4.79 Å². The van der Waals surface area contributed by atoms with Crippen molar-refractivity contribution in [2.24, 2.45) is 5.10 Å². The summed E-state index contributed by atoms with van der Waals surface area (Å²) in [5.41, 5.74) is 5.88. The van der Waals surface area contributed by atoms with E-state index in [9.17, 15) is 9.18 Å². The highest BCUT2D eigenvalue weighted by Gasteiger charge is 2.17. The van der Waals surface area contributed by atoms with Gasteiger partial charge in [0, 0.05) is 28.2 Å². The second-order valence-corrected chi connectivity index (χ2v) is 7.62. The number of carbonyl (C=O) groups is 1. The fourth-order valence-electron chi connectivity index (χ4n) is 3.12. The molecule has 3 aromatic carbocycles. The predicted octanol–water partition coefficient (Wildman–Crippen LogP) is 4.89. The van der Waals surface area contributed by atoms with E-state index in [1.54, 1.807) is 17.8 Å². The van der Waals surface area contributed by atoms with Crippen molar-refractivity contribution >= 4 is 23.4 Å². The van der Waals surface area contributed by atoms with Gasteiger partial charge in [-0.1, -0.05) is 48.5 Å². The average molecular weight is 406 g/mol. The number of halogens is 1. The molecule has 0 aliphatic carbocycles. The molecule has 4 rings (SSSR count). The van der Waals surface area contributed by atoms with Crippen LogP contribution in [-0.4, -0.2) is 24.0 Å². The van der Waals surface area contributed by atoms with Gasteiger partial charge in [0.2, 0.25) is 0 Å². The van der Waals surface area contributed by atoms with Crippen LogP contribution in [0.4, 0.5) is 4.39 Å². The number of rotatable bonds is 5. The summed E-state index contributed by atoms with van der Waals surface area (Å²) < 4.78 is 19.3. The van der Waals surface area contributed by atoms with E-state index in [2.05, 4.69) is 10.5 Å². The van der Waals surface area contributed by atoms with Crippen LogP contribution in [0.5, 0.6) is 5.75 Å². The highest BCUT2D eigenvalue weighted by atomic mass is 32.2. The zero-order valence-electron chi connectivity index (χ0n) is 15.6. The number of thioether (sulfide) groups is 1. The van der Waals surface area contributed by atoms with Crippen LogP contribution in [0.3, 0.4) is 0 Å². The van der Waals surface area contributed by atoms with Crippen molar-refractivity contribution in [3.05, 3.63) is 84.2 Å². The number of para-hydroxylation sites is 1. The Balaban J connectivity index is 1.43. The van der Waals surface area contributed by atoms with Crippen LogP contribution < -0.4 is 10.2 Å². The Kier molecular flexibility index (Phi) is 5.91. The molecule has 0 saturated carbocycles. The number of fused-ring (bicyclic) bond motifs is 1. The van der Waals surface area contributed by atoms with Gasteiger partial charge >= 0.3 is 0 Å². The Morgan fingerprint density at radius 3 is 2.69 bits per heavy atom. The van der Waals surface area contributed by atoms with E-state index < -0.39 is 0 Å². The van der Waals surface area contributed by atoms with Crippen LogP contribution in [0.15, 0.2) is 82.8 Å². The first kappa shape index (κ1) is 19.2. The van der Waals surface area contributed by atoms with E-state index in [-0.39, 0.29) is 18.3 Å². The van der Waals surface area contributed by atoms with Crippen LogP contribution in [0.1, 0.15) is 12.0 Å². The number of nitrogens with zero attached hydrogens (tertiary/aromatic N) is 1. The summed E-state index contributed by atoms with van der Waals surface area (Å²) in [7, 11) is 0. The fourth-order valence-corrected chi connectivity index (χ4v) is 4.13. The fraction of sp³-hybridized carbons (Fsp3) is 0.130. The molecule has 146 valence electrons. The van der Waals surface area contributed by atoms with Crippen molar-refractivity contribution in [2.45, 2.75) is 11.3 Å². The molecule has 1 heterocycles. The van der Waals surface area contributed by atoms with Gasteiger partial charge in [-0.2, -0.15) is 5.10 Å². The Morgan fingerprint density at radius 2 is 1.83 bits per heavy atom. The van der Waals surface area contributed by atoms with Crippen molar-refractivity contribution in [1.29, 1.82) is 0 Å². The Labute approximate surface area is 172 Å². The summed E-state index contributed by atoms with van der Waals surface area (Å²) in [5.74, 6) is 0.791. The highest BCUT2D eigenvalue weighted by Crippen LogP contribution is 2.31. The quantitative estimate of drug-likeness (QED) is 0.614. The Morgan fingerprint density at radius 1 is 1.03 bits per heavy atom. The minimum absolute atomic E-state index is 0.161. The van der Waals surface area contributed by atoms with Crippen LogP contribution >= 0.6 is 11.8 Å². The van der Waals surface area contributed by atoms with Gasteiger partial charge in [-0.05, 0) is 29.8 Å². The molecular weight excluding hydrogens is 387 g/mol. The summed E-state index contributed by atoms with van der Waals surface area (Å²) in [6.45, 7) is -0.161. The second kappa shape index (κ2) is 8.92. The molecule has 0 bridgehead atoms. The molecule has 3 aromatic rings. The van der Waals surface area contributed by atoms with E-state index in [0.717, 1.165) is 27.3 Å². The molecule has 29 heavy (non-hydrogen) atoms. The molecule has 4 nitrogen and oxygen atoms in total. The van der Waals surface area contributed by atoms with Crippen LogP contribution in [0.25, 0.3) is 11.1 Å². The number of nitrogens with one attached hydrogen (secondary N) is 1. The Bertz CT molecular complexity index is 1050. The van der Waals surface area contributed by atoms with Crippen molar-refractivity contribution < 1.29 is 13.9 Å². The molecule has 6 heteroatoms. The molecule has 0 radical (unpaired) electrons. The molecule has 0 fully saturated rings. The van der Waals surface area contributed by atoms with E-state index in [1.165, 1.54) is 12.1 Å². The van der Waals surface area contributed by atoms with E-state index >= 15 is 0 Å². The highest BCUT2D eigenvalue weighted by molar-refractivity contribution is 7.99. The van der Waals surface area contributed by atoms with E-state index in [0.29, 0.717) is 17.9 Å². The maximum atomic E-state index is 13.6. The Hall–Kier alpha value is -3.12. The molecular formula is C23H19FN2O2S. The van der Waals surface area contributed by atoms with Gasteiger partial charge in [0.1, 0.15) is 11.6 Å². The van der Waals surface area contributed by atoms with Gasteiger partial charge in [0.25, 0.3) is 5.91 Å². The molecule has 0 unspecified atom stereocenters. The van der Waals surface area contributed by atoms with Gasteiger partial charge in [-0.25, -0.2) is 9.82 Å². The molecule has 1 aliphatic rings. The first-order valence-electron chi connectivity index (χ1n) is 9.26. The third kappa shape index (κ3) is 4.66. The zero-order valence-corrected chi connectivity index (χ0v) is 16.4. The SMILES string of the molecule is O=C(COc1ccccc1-c1ccccc1)NN=C1CCSc2ccc(F)cc21. The van der Waals surface area contributed by atoms with Gasteiger partial charge in [0.05, 0.1) is 5.71 Å². The molecule has 1 amide bonds. The lowest BCUT2D eigenvalue weighted by Gasteiger charge is -2.17. The first-order chi connectivity index (χ1) is 14.2. The minimum Gasteiger partial charge on any atom is -0.483 e. The summed E-state index contributed by atoms with van der Waals surface area (Å²) >= 11 is 1.66. The number of benzene rings is 3. The topological polar surface area (TPSA) is 50.7 Å². The lowest BCUT2D eigenvalue weighted by atomic mass is 10.1. The van der Waals surface area contributed by atoms with Crippen molar-refractivity contribution in [3.8, 4) is 16.9 Å². The van der Waals surface area contributed by atoms with Crippen molar-refractivity contribution in [1.82, 2.24) is 5.43 Å². The largest absolute Gasteiger partial charge is 0.483 e. The molecule has 0 saturated heterocycles. The lowest BCUT2D eigenvalue weighted by molar-refractivity contribution is -0.123. The van der Waals surface area contributed by atoms with E-state index in [1.807, 2.05) is 54.6 Å². The standard InChI is InChI=1S/C23H19FN2O2S/c24-17-10-11-22-19(14-17)20(12-13-29-22)25-26-23(27)15-28-21-9-5-4-8-18(21)16-6-2-1-3-7-16/h1-11,14H,12-13,15H2,(H,26,27).